The Morgan fingerprint density at radius 1 is 0.850 bits per heavy atom. The maximum absolute atomic E-state index is 12.3. The fourth-order valence-corrected chi connectivity index (χ4v) is 1.91. The van der Waals surface area contributed by atoms with Crippen molar-refractivity contribution in [2.24, 2.45) is 0 Å². The van der Waals surface area contributed by atoms with Crippen molar-refractivity contribution < 1.29 is 4.79 Å². The number of carbonyl (C=O) groups is 1. The maximum Gasteiger partial charge on any atom is 0.258 e. The van der Waals surface area contributed by atoms with Crippen LogP contribution in [-0.4, -0.2) is 27.1 Å². The van der Waals surface area contributed by atoms with E-state index >= 15 is 0 Å². The zero-order chi connectivity index (χ0) is 14.7. The molecule has 4 heteroatoms. The van der Waals surface area contributed by atoms with Crippen molar-refractivity contribution in [3.05, 3.63) is 54.1 Å². The second-order valence-electron chi connectivity index (χ2n) is 4.90. The van der Waals surface area contributed by atoms with Crippen LogP contribution in [0.2, 0.25) is 0 Å². The summed E-state index contributed by atoms with van der Waals surface area (Å²) in [6, 6.07) is 14.8. The molecule has 0 fully saturated rings. The molecule has 0 spiro atoms. The summed E-state index contributed by atoms with van der Waals surface area (Å²) in [5, 5.41) is 0. The molecule has 2 N–H and O–H groups in total. The average Bonchev–Trinajstić information content (AvgIpc) is 2.46. The first kappa shape index (κ1) is 13.9. The second kappa shape index (κ2) is 5.65. The minimum atomic E-state index is -0.0531. The molecule has 2 aromatic carbocycles. The van der Waals surface area contributed by atoms with Crippen molar-refractivity contribution in [3.8, 4) is 0 Å². The highest BCUT2D eigenvalue weighted by atomic mass is 16.2. The number of rotatable bonds is 3. The Kier molecular flexibility index (Phi) is 3.94. The predicted molar refractivity (Wildman–Crippen MR) is 84.4 cm³/mol. The van der Waals surface area contributed by atoms with E-state index in [0.29, 0.717) is 11.3 Å². The van der Waals surface area contributed by atoms with Crippen molar-refractivity contribution in [1.82, 2.24) is 0 Å². The summed E-state index contributed by atoms with van der Waals surface area (Å²) in [5.74, 6) is -0.0531. The molecule has 2 rings (SSSR count). The third kappa shape index (κ3) is 2.91. The number of nitrogen functional groups attached to an aromatic ring is 1. The van der Waals surface area contributed by atoms with Crippen LogP contribution in [-0.2, 0) is 0 Å². The maximum atomic E-state index is 12.3. The summed E-state index contributed by atoms with van der Waals surface area (Å²) >= 11 is 0. The Morgan fingerprint density at radius 2 is 1.35 bits per heavy atom. The third-order valence-electron chi connectivity index (χ3n) is 3.22. The molecule has 0 aliphatic rings. The quantitative estimate of drug-likeness (QED) is 0.871. The minimum absolute atomic E-state index is 0.0531. The summed E-state index contributed by atoms with van der Waals surface area (Å²) in [4.78, 5) is 16.0. The van der Waals surface area contributed by atoms with Crippen LogP contribution in [0.4, 0.5) is 17.1 Å². The molecular weight excluding hydrogens is 250 g/mol. The van der Waals surface area contributed by atoms with Gasteiger partial charge in [-0.2, -0.15) is 0 Å². The topological polar surface area (TPSA) is 49.6 Å². The van der Waals surface area contributed by atoms with E-state index in [9.17, 15) is 4.79 Å². The third-order valence-corrected chi connectivity index (χ3v) is 3.22. The van der Waals surface area contributed by atoms with Gasteiger partial charge in [0, 0.05) is 43.8 Å². The average molecular weight is 269 g/mol. The number of hydrogen-bond donors (Lipinski definition) is 1. The molecule has 0 unspecified atom stereocenters. The first-order chi connectivity index (χ1) is 9.49. The Labute approximate surface area is 119 Å². The van der Waals surface area contributed by atoms with Crippen molar-refractivity contribution >= 4 is 23.0 Å². The zero-order valence-electron chi connectivity index (χ0n) is 12.0. The van der Waals surface area contributed by atoms with Gasteiger partial charge in [-0.25, -0.2) is 0 Å². The van der Waals surface area contributed by atoms with E-state index in [4.69, 9.17) is 5.73 Å². The number of amides is 1. The summed E-state index contributed by atoms with van der Waals surface area (Å²) in [6.07, 6.45) is 0. The van der Waals surface area contributed by atoms with Crippen LogP contribution < -0.4 is 15.5 Å². The number of carbonyl (C=O) groups excluding carboxylic acids is 1. The number of nitrogens with two attached hydrogens (primary N) is 1. The van der Waals surface area contributed by atoms with Crippen LogP contribution in [0.1, 0.15) is 10.4 Å². The molecule has 0 aliphatic carbocycles. The minimum Gasteiger partial charge on any atom is -0.399 e. The van der Waals surface area contributed by atoms with Gasteiger partial charge in [-0.15, -0.1) is 0 Å². The Hall–Kier alpha value is -2.49. The fraction of sp³-hybridized carbons (Fsp3) is 0.188. The molecule has 2 aromatic rings. The first-order valence-electron chi connectivity index (χ1n) is 6.40. The van der Waals surface area contributed by atoms with E-state index in [-0.39, 0.29) is 5.91 Å². The summed E-state index contributed by atoms with van der Waals surface area (Å²) in [5.41, 5.74) is 8.86. The van der Waals surface area contributed by atoms with Crippen LogP contribution in [0, 0.1) is 0 Å². The number of benzene rings is 2. The first-order valence-corrected chi connectivity index (χ1v) is 6.40. The molecule has 0 heterocycles. The number of hydrogen-bond acceptors (Lipinski definition) is 3. The van der Waals surface area contributed by atoms with Crippen LogP contribution >= 0.6 is 0 Å². The largest absolute Gasteiger partial charge is 0.399 e. The molecule has 20 heavy (non-hydrogen) atoms. The fourth-order valence-electron chi connectivity index (χ4n) is 1.91. The molecule has 0 aromatic heterocycles. The normalized spacial score (nSPS) is 10.2. The van der Waals surface area contributed by atoms with E-state index in [2.05, 4.69) is 0 Å². The van der Waals surface area contributed by atoms with Crippen LogP contribution in [0.15, 0.2) is 48.5 Å². The SMILES string of the molecule is CN(C)c1ccc(N(C)C(=O)c2ccc(N)cc2)cc1. The Morgan fingerprint density at radius 3 is 1.85 bits per heavy atom. The molecule has 1 amide bonds. The smallest absolute Gasteiger partial charge is 0.258 e. The van der Waals surface area contributed by atoms with E-state index < -0.39 is 0 Å². The molecular formula is C16H19N3O. The lowest BCUT2D eigenvalue weighted by Gasteiger charge is -2.19. The van der Waals surface area contributed by atoms with Gasteiger partial charge in [0.05, 0.1) is 0 Å². The highest BCUT2D eigenvalue weighted by Crippen LogP contribution is 2.20. The number of nitrogens with zero attached hydrogens (tertiary/aromatic N) is 2. The lowest BCUT2D eigenvalue weighted by Crippen LogP contribution is -2.26. The number of anilines is 3. The van der Waals surface area contributed by atoms with Gasteiger partial charge >= 0.3 is 0 Å². The zero-order valence-corrected chi connectivity index (χ0v) is 12.0. The van der Waals surface area contributed by atoms with Gasteiger partial charge in [0.25, 0.3) is 5.91 Å². The molecule has 104 valence electrons. The van der Waals surface area contributed by atoms with E-state index in [0.717, 1.165) is 11.4 Å². The molecule has 0 radical (unpaired) electrons. The van der Waals surface area contributed by atoms with Gasteiger partial charge in [0.2, 0.25) is 0 Å². The van der Waals surface area contributed by atoms with E-state index in [1.165, 1.54) is 0 Å². The molecule has 0 saturated heterocycles. The van der Waals surface area contributed by atoms with Gasteiger partial charge in [-0.3, -0.25) is 4.79 Å². The van der Waals surface area contributed by atoms with Gasteiger partial charge in [-0.1, -0.05) is 0 Å². The van der Waals surface area contributed by atoms with Crippen LogP contribution in [0.5, 0.6) is 0 Å². The van der Waals surface area contributed by atoms with Gasteiger partial charge in [-0.05, 0) is 48.5 Å². The summed E-state index contributed by atoms with van der Waals surface area (Å²) < 4.78 is 0. The van der Waals surface area contributed by atoms with Crippen molar-refractivity contribution in [1.29, 1.82) is 0 Å². The van der Waals surface area contributed by atoms with Crippen LogP contribution in [0.25, 0.3) is 0 Å². The molecule has 0 saturated carbocycles. The Bertz CT molecular complexity index is 588. The Balaban J connectivity index is 2.19. The molecule has 0 bridgehead atoms. The highest BCUT2D eigenvalue weighted by Gasteiger charge is 2.13. The monoisotopic (exact) mass is 269 g/mol. The van der Waals surface area contributed by atoms with Crippen molar-refractivity contribution in [2.75, 3.05) is 36.7 Å². The molecule has 4 nitrogen and oxygen atoms in total. The lowest BCUT2D eigenvalue weighted by molar-refractivity contribution is 0.0993. The van der Waals surface area contributed by atoms with Gasteiger partial charge in [0.1, 0.15) is 0 Å². The lowest BCUT2D eigenvalue weighted by atomic mass is 10.1. The molecule has 0 aliphatic heterocycles. The summed E-state index contributed by atoms with van der Waals surface area (Å²) in [7, 11) is 5.74. The van der Waals surface area contributed by atoms with Crippen molar-refractivity contribution in [3.63, 3.8) is 0 Å². The molecule has 0 atom stereocenters. The highest BCUT2D eigenvalue weighted by molar-refractivity contribution is 6.05. The van der Waals surface area contributed by atoms with Crippen LogP contribution in [0.3, 0.4) is 0 Å². The van der Waals surface area contributed by atoms with Crippen molar-refractivity contribution in [2.45, 2.75) is 0 Å². The van der Waals surface area contributed by atoms with E-state index in [1.54, 1.807) is 36.2 Å². The van der Waals surface area contributed by atoms with Gasteiger partial charge < -0.3 is 15.5 Å². The second-order valence-corrected chi connectivity index (χ2v) is 4.90. The van der Waals surface area contributed by atoms with E-state index in [1.807, 2.05) is 43.3 Å². The summed E-state index contributed by atoms with van der Waals surface area (Å²) in [6.45, 7) is 0. The van der Waals surface area contributed by atoms with Gasteiger partial charge in [0.15, 0.2) is 0 Å². The predicted octanol–water partition coefficient (Wildman–Crippen LogP) is 2.61. The standard InChI is InChI=1S/C16H19N3O/c1-18(2)14-8-10-15(11-9-14)19(3)16(20)12-4-6-13(17)7-5-12/h4-11H,17H2,1-3H3.